The number of nitrogen functional groups attached to an aromatic ring is 1. The van der Waals surface area contributed by atoms with Crippen molar-refractivity contribution >= 4 is 40.3 Å². The van der Waals surface area contributed by atoms with Gasteiger partial charge in [-0.1, -0.05) is 23.7 Å². The Kier molecular flexibility index (Phi) is 5.29. The lowest BCUT2D eigenvalue weighted by atomic mass is 10.1. The molecule has 0 fully saturated rings. The van der Waals surface area contributed by atoms with Crippen molar-refractivity contribution in [1.29, 1.82) is 0 Å². The zero-order valence-corrected chi connectivity index (χ0v) is 16.6. The van der Waals surface area contributed by atoms with Gasteiger partial charge >= 0.3 is 6.09 Å². The van der Waals surface area contributed by atoms with Gasteiger partial charge in [0.15, 0.2) is 5.82 Å². The van der Waals surface area contributed by atoms with E-state index in [0.717, 1.165) is 10.2 Å². The number of carbonyl (C=O) groups is 2. The van der Waals surface area contributed by atoms with Crippen molar-refractivity contribution in [3.63, 3.8) is 0 Å². The number of anilines is 1. The first-order valence-electron chi connectivity index (χ1n) is 8.68. The van der Waals surface area contributed by atoms with Gasteiger partial charge in [-0.3, -0.25) is 4.79 Å². The quantitative estimate of drug-likeness (QED) is 0.692. The van der Waals surface area contributed by atoms with Crippen LogP contribution in [0.25, 0.3) is 10.9 Å². The van der Waals surface area contributed by atoms with Crippen molar-refractivity contribution in [2.24, 2.45) is 0 Å². The molecule has 0 aliphatic carbocycles. The van der Waals surface area contributed by atoms with Crippen LogP contribution in [0, 0.1) is 0 Å². The molecular formula is C20H21ClN4O3. The topological polar surface area (TPSA) is 99.2 Å². The number of rotatable bonds is 3. The Bertz CT molecular complexity index is 1050. The number of hydrogen-bond acceptors (Lipinski definition) is 5. The minimum Gasteiger partial charge on any atom is -0.442 e. The van der Waals surface area contributed by atoms with Crippen LogP contribution >= 0.6 is 11.6 Å². The molecule has 0 aliphatic rings. The van der Waals surface area contributed by atoms with Gasteiger partial charge in [0, 0.05) is 22.5 Å². The number of hydrogen-bond donors (Lipinski definition) is 2. The molecule has 0 aliphatic heterocycles. The number of nitrogens with zero attached hydrogens (tertiary/aromatic N) is 2. The summed E-state index contributed by atoms with van der Waals surface area (Å²) in [4.78, 5) is 24.6. The average molecular weight is 401 g/mol. The summed E-state index contributed by atoms with van der Waals surface area (Å²) in [5.74, 6) is -0.0242. The molecule has 146 valence electrons. The van der Waals surface area contributed by atoms with Gasteiger partial charge in [-0.2, -0.15) is 4.68 Å². The first kappa shape index (κ1) is 19.7. The smallest absolute Gasteiger partial charge is 0.435 e. The molecule has 0 saturated heterocycles. The van der Waals surface area contributed by atoms with E-state index in [0.29, 0.717) is 28.0 Å². The summed E-state index contributed by atoms with van der Waals surface area (Å²) in [7, 11) is 0. The highest BCUT2D eigenvalue weighted by Crippen LogP contribution is 2.23. The third kappa shape index (κ3) is 4.43. The third-order valence-corrected chi connectivity index (χ3v) is 4.11. The van der Waals surface area contributed by atoms with Crippen molar-refractivity contribution in [3.8, 4) is 0 Å². The van der Waals surface area contributed by atoms with E-state index in [-0.39, 0.29) is 11.7 Å². The number of fused-ring (bicyclic) bond motifs is 1. The lowest BCUT2D eigenvalue weighted by Crippen LogP contribution is -2.27. The normalized spacial score (nSPS) is 11.4. The molecule has 1 amide bonds. The van der Waals surface area contributed by atoms with Crippen LogP contribution in [0.5, 0.6) is 0 Å². The molecule has 3 rings (SSSR count). The van der Waals surface area contributed by atoms with E-state index in [1.807, 2.05) is 0 Å². The second-order valence-corrected chi connectivity index (χ2v) is 7.76. The van der Waals surface area contributed by atoms with Crippen LogP contribution in [0.4, 0.5) is 10.6 Å². The Hall–Kier alpha value is -3.06. The first-order valence-corrected chi connectivity index (χ1v) is 9.06. The van der Waals surface area contributed by atoms with E-state index in [2.05, 4.69) is 10.4 Å². The van der Waals surface area contributed by atoms with Crippen LogP contribution in [-0.4, -0.2) is 27.4 Å². The van der Waals surface area contributed by atoms with Crippen molar-refractivity contribution in [3.05, 3.63) is 58.6 Å². The van der Waals surface area contributed by atoms with Crippen LogP contribution in [-0.2, 0) is 11.3 Å². The minimum absolute atomic E-state index is 0.212. The molecular weight excluding hydrogens is 380 g/mol. The molecule has 3 N–H and O–H groups in total. The Morgan fingerprint density at radius 1 is 1.21 bits per heavy atom. The van der Waals surface area contributed by atoms with Crippen molar-refractivity contribution < 1.29 is 14.3 Å². The van der Waals surface area contributed by atoms with E-state index >= 15 is 0 Å². The largest absolute Gasteiger partial charge is 0.442 e. The number of benzene rings is 2. The molecule has 3 aromatic rings. The zero-order chi connectivity index (χ0) is 20.5. The molecule has 1 aromatic heterocycles. The summed E-state index contributed by atoms with van der Waals surface area (Å²) in [6.07, 6.45) is -0.601. The first-order chi connectivity index (χ1) is 13.1. The van der Waals surface area contributed by atoms with Crippen LogP contribution in [0.2, 0.25) is 5.02 Å². The Morgan fingerprint density at radius 2 is 1.96 bits per heavy atom. The molecule has 1 heterocycles. The molecule has 0 atom stereocenters. The highest BCUT2D eigenvalue weighted by molar-refractivity contribution is 6.30. The van der Waals surface area contributed by atoms with E-state index in [1.165, 1.54) is 0 Å². The molecule has 8 heteroatoms. The Balaban J connectivity index is 1.78. The maximum Gasteiger partial charge on any atom is 0.435 e. The number of nitrogens with two attached hydrogens (primary N) is 1. The fourth-order valence-electron chi connectivity index (χ4n) is 2.66. The van der Waals surface area contributed by atoms with E-state index in [1.54, 1.807) is 63.2 Å². The van der Waals surface area contributed by atoms with E-state index in [4.69, 9.17) is 22.1 Å². The van der Waals surface area contributed by atoms with Crippen molar-refractivity contribution in [1.82, 2.24) is 15.1 Å². The Morgan fingerprint density at radius 3 is 2.64 bits per heavy atom. The van der Waals surface area contributed by atoms with E-state index in [9.17, 15) is 9.59 Å². The standard InChI is InChI=1S/C20H21ClN4O3/c1-20(2,3)28-19(27)25-16-8-7-12(9-15(16)17(22)24-25)11-23-18(26)13-5-4-6-14(21)10-13/h4-10H,11H2,1-3H3,(H2,22,24)(H,23,26). The zero-order valence-electron chi connectivity index (χ0n) is 15.8. The highest BCUT2D eigenvalue weighted by atomic mass is 35.5. The predicted molar refractivity (Wildman–Crippen MR) is 108 cm³/mol. The maximum atomic E-state index is 12.3. The molecule has 7 nitrogen and oxygen atoms in total. The van der Waals surface area contributed by atoms with Crippen molar-refractivity contribution in [2.45, 2.75) is 32.9 Å². The molecule has 0 unspecified atom stereocenters. The van der Waals surface area contributed by atoms with E-state index < -0.39 is 11.7 Å². The number of halogens is 1. The molecule has 2 aromatic carbocycles. The SMILES string of the molecule is CC(C)(C)OC(=O)n1nc(N)c2cc(CNC(=O)c3cccc(Cl)c3)ccc21. The molecule has 0 bridgehead atoms. The number of amides is 1. The van der Waals surface area contributed by atoms with Gasteiger partial charge in [0.05, 0.1) is 5.52 Å². The van der Waals surface area contributed by atoms with Gasteiger partial charge in [0.1, 0.15) is 5.60 Å². The van der Waals surface area contributed by atoms with Crippen LogP contribution < -0.4 is 11.1 Å². The molecule has 28 heavy (non-hydrogen) atoms. The molecule has 0 spiro atoms. The summed E-state index contributed by atoms with van der Waals surface area (Å²) in [5, 5.41) is 8.02. The van der Waals surface area contributed by atoms with Gasteiger partial charge in [0.25, 0.3) is 5.91 Å². The van der Waals surface area contributed by atoms with Gasteiger partial charge in [-0.15, -0.1) is 5.10 Å². The molecule has 0 radical (unpaired) electrons. The van der Waals surface area contributed by atoms with Crippen LogP contribution in [0.15, 0.2) is 42.5 Å². The average Bonchev–Trinajstić information content (AvgIpc) is 2.95. The second-order valence-electron chi connectivity index (χ2n) is 7.32. The lowest BCUT2D eigenvalue weighted by Gasteiger charge is -2.19. The van der Waals surface area contributed by atoms with Gasteiger partial charge < -0.3 is 15.8 Å². The molecule has 0 saturated carbocycles. The monoisotopic (exact) mass is 400 g/mol. The second kappa shape index (κ2) is 7.52. The number of ether oxygens (including phenoxy) is 1. The number of carbonyl (C=O) groups excluding carboxylic acids is 2. The van der Waals surface area contributed by atoms with Gasteiger partial charge in [-0.05, 0) is 56.7 Å². The minimum atomic E-state index is -0.644. The number of nitrogens with one attached hydrogen (secondary N) is 1. The Labute approximate surface area is 167 Å². The van der Waals surface area contributed by atoms with Crippen molar-refractivity contribution in [2.75, 3.05) is 5.73 Å². The maximum absolute atomic E-state index is 12.3. The summed E-state index contributed by atoms with van der Waals surface area (Å²) < 4.78 is 6.49. The summed E-state index contributed by atoms with van der Waals surface area (Å²) in [6.45, 7) is 5.63. The fourth-order valence-corrected chi connectivity index (χ4v) is 2.85. The lowest BCUT2D eigenvalue weighted by molar-refractivity contribution is 0.0523. The van der Waals surface area contributed by atoms with Gasteiger partial charge in [0.2, 0.25) is 0 Å². The predicted octanol–water partition coefficient (Wildman–Crippen LogP) is 3.99. The summed E-state index contributed by atoms with van der Waals surface area (Å²) >= 11 is 5.92. The fraction of sp³-hybridized carbons (Fsp3) is 0.250. The summed E-state index contributed by atoms with van der Waals surface area (Å²) in [5.41, 5.74) is 7.16. The summed E-state index contributed by atoms with van der Waals surface area (Å²) in [6, 6.07) is 12.0. The van der Waals surface area contributed by atoms with Crippen LogP contribution in [0.1, 0.15) is 36.7 Å². The van der Waals surface area contributed by atoms with Crippen LogP contribution in [0.3, 0.4) is 0 Å². The van der Waals surface area contributed by atoms with Gasteiger partial charge in [-0.25, -0.2) is 4.79 Å². The highest BCUT2D eigenvalue weighted by Gasteiger charge is 2.21. The third-order valence-electron chi connectivity index (χ3n) is 3.88. The number of aromatic nitrogens is 2.